The van der Waals surface area contributed by atoms with E-state index >= 15 is 0 Å². The van der Waals surface area contributed by atoms with Gasteiger partial charge in [-0.2, -0.15) is 4.98 Å². The van der Waals surface area contributed by atoms with E-state index in [0.717, 1.165) is 36.5 Å². The highest BCUT2D eigenvalue weighted by atomic mass is 16.1. The Balaban J connectivity index is 2.01. The number of piperidine rings is 1. The fourth-order valence-electron chi connectivity index (χ4n) is 3.43. The van der Waals surface area contributed by atoms with Crippen molar-refractivity contribution >= 4 is 23.4 Å². The lowest BCUT2D eigenvalue weighted by Gasteiger charge is -2.31. The number of primary amides is 1. The van der Waals surface area contributed by atoms with Gasteiger partial charge < -0.3 is 21.7 Å². The van der Waals surface area contributed by atoms with Gasteiger partial charge in [-0.25, -0.2) is 4.98 Å². The fraction of sp³-hybridized carbons (Fsp3) is 0.545. The van der Waals surface area contributed by atoms with Crippen LogP contribution in [0, 0.1) is 0 Å². The monoisotopic (exact) mass is 411 g/mol. The van der Waals surface area contributed by atoms with E-state index in [2.05, 4.69) is 54.8 Å². The van der Waals surface area contributed by atoms with Crippen molar-refractivity contribution in [1.29, 1.82) is 0 Å². The largest absolute Gasteiger partial charge is 0.365 e. The first-order valence-electron chi connectivity index (χ1n) is 10.5. The van der Waals surface area contributed by atoms with Crippen LogP contribution in [0.2, 0.25) is 0 Å². The normalized spacial score (nSPS) is 17.3. The molecule has 0 saturated carbocycles. The van der Waals surface area contributed by atoms with E-state index in [4.69, 9.17) is 16.5 Å². The van der Waals surface area contributed by atoms with E-state index in [1.54, 1.807) is 0 Å². The van der Waals surface area contributed by atoms with E-state index in [-0.39, 0.29) is 22.9 Å². The van der Waals surface area contributed by atoms with Crippen molar-refractivity contribution in [2.24, 2.45) is 11.5 Å². The SMILES string of the molecule is CC(C)c1cc(Nc2nc(N3CCC[C@H](N)C3)ncc2C(N)=O)cc(C(C)(C)C)n1. The minimum Gasteiger partial charge on any atom is -0.365 e. The first-order valence-corrected chi connectivity index (χ1v) is 10.5. The quantitative estimate of drug-likeness (QED) is 0.691. The molecule has 0 bridgehead atoms. The molecule has 1 aliphatic heterocycles. The molecular formula is C22H33N7O. The van der Waals surface area contributed by atoms with Gasteiger partial charge in [-0.15, -0.1) is 0 Å². The number of hydrogen-bond acceptors (Lipinski definition) is 7. The smallest absolute Gasteiger partial charge is 0.254 e. The van der Waals surface area contributed by atoms with Gasteiger partial charge in [0.2, 0.25) is 5.95 Å². The van der Waals surface area contributed by atoms with E-state index < -0.39 is 5.91 Å². The summed E-state index contributed by atoms with van der Waals surface area (Å²) in [6.07, 6.45) is 3.47. The van der Waals surface area contributed by atoms with Gasteiger partial charge in [0.05, 0.1) is 0 Å². The summed E-state index contributed by atoms with van der Waals surface area (Å²) < 4.78 is 0. The Bertz CT molecular complexity index is 920. The molecule has 0 radical (unpaired) electrons. The number of nitrogens with two attached hydrogens (primary N) is 2. The van der Waals surface area contributed by atoms with E-state index in [1.807, 2.05) is 12.1 Å². The minimum absolute atomic E-state index is 0.0951. The second-order valence-electron chi connectivity index (χ2n) is 9.34. The van der Waals surface area contributed by atoms with Crippen LogP contribution >= 0.6 is 0 Å². The van der Waals surface area contributed by atoms with Gasteiger partial charge >= 0.3 is 0 Å². The van der Waals surface area contributed by atoms with Crippen molar-refractivity contribution in [3.8, 4) is 0 Å². The van der Waals surface area contributed by atoms with Crippen molar-refractivity contribution in [2.75, 3.05) is 23.3 Å². The van der Waals surface area contributed by atoms with Gasteiger partial charge in [0.15, 0.2) is 0 Å². The highest BCUT2D eigenvalue weighted by Crippen LogP contribution is 2.29. The zero-order valence-corrected chi connectivity index (χ0v) is 18.6. The molecule has 8 nitrogen and oxygen atoms in total. The maximum Gasteiger partial charge on any atom is 0.254 e. The predicted octanol–water partition coefficient (Wildman–Crippen LogP) is 3.06. The van der Waals surface area contributed by atoms with Crippen LogP contribution in [-0.4, -0.2) is 40.0 Å². The maximum atomic E-state index is 12.0. The zero-order valence-electron chi connectivity index (χ0n) is 18.6. The van der Waals surface area contributed by atoms with E-state index in [1.165, 1.54) is 6.20 Å². The number of aromatic nitrogens is 3. The molecule has 8 heteroatoms. The average Bonchev–Trinajstić information content (AvgIpc) is 2.66. The Kier molecular flexibility index (Phi) is 6.26. The van der Waals surface area contributed by atoms with E-state index in [0.29, 0.717) is 18.3 Å². The average molecular weight is 412 g/mol. The summed E-state index contributed by atoms with van der Waals surface area (Å²) in [4.78, 5) is 27.9. The summed E-state index contributed by atoms with van der Waals surface area (Å²) in [6, 6.07) is 4.08. The third-order valence-electron chi connectivity index (χ3n) is 5.25. The Hall–Kier alpha value is -2.74. The molecule has 0 aromatic carbocycles. The van der Waals surface area contributed by atoms with Gasteiger partial charge in [0, 0.05) is 47.8 Å². The molecule has 3 rings (SSSR count). The number of anilines is 3. The van der Waals surface area contributed by atoms with Crippen LogP contribution in [0.5, 0.6) is 0 Å². The first kappa shape index (κ1) is 22.0. The number of hydrogen-bond donors (Lipinski definition) is 3. The Morgan fingerprint density at radius 3 is 2.60 bits per heavy atom. The van der Waals surface area contributed by atoms with Crippen molar-refractivity contribution < 1.29 is 4.79 Å². The lowest BCUT2D eigenvalue weighted by Crippen LogP contribution is -2.43. The number of rotatable bonds is 5. The summed E-state index contributed by atoms with van der Waals surface area (Å²) in [6.45, 7) is 12.1. The lowest BCUT2D eigenvalue weighted by atomic mass is 9.90. The molecule has 1 fully saturated rings. The highest BCUT2D eigenvalue weighted by molar-refractivity contribution is 5.98. The number of nitrogens with zero attached hydrogens (tertiary/aromatic N) is 4. The summed E-state index contributed by atoms with van der Waals surface area (Å²) in [5.41, 5.74) is 14.6. The summed E-state index contributed by atoms with van der Waals surface area (Å²) in [7, 11) is 0. The summed E-state index contributed by atoms with van der Waals surface area (Å²) in [5.74, 6) is 0.632. The Labute approximate surface area is 178 Å². The number of carbonyl (C=O) groups excluding carboxylic acids is 1. The molecule has 2 aromatic rings. The van der Waals surface area contributed by atoms with Crippen LogP contribution in [0.1, 0.15) is 75.1 Å². The number of pyridine rings is 1. The second-order valence-corrected chi connectivity index (χ2v) is 9.34. The first-order chi connectivity index (χ1) is 14.0. The summed E-state index contributed by atoms with van der Waals surface area (Å²) >= 11 is 0. The number of nitrogens with one attached hydrogen (secondary N) is 1. The molecule has 1 aliphatic rings. The molecular weight excluding hydrogens is 378 g/mol. The highest BCUT2D eigenvalue weighted by Gasteiger charge is 2.22. The fourth-order valence-corrected chi connectivity index (χ4v) is 3.43. The molecule has 0 spiro atoms. The molecule has 0 aliphatic carbocycles. The standard InChI is InChI=1S/C22H33N7O/c1-13(2)17-9-15(10-18(27-17)22(3,4)5)26-20-16(19(24)30)11-25-21(28-20)29-8-6-7-14(23)12-29/h9-11,13-14H,6-8,12,23H2,1-5H3,(H2,24,30)(H,25,26,27,28)/t14-/m0/s1. The van der Waals surface area contributed by atoms with Crippen LogP contribution < -0.4 is 21.7 Å². The van der Waals surface area contributed by atoms with Gasteiger partial charge in [-0.1, -0.05) is 34.6 Å². The Morgan fingerprint density at radius 2 is 2.00 bits per heavy atom. The molecule has 1 atom stereocenters. The Morgan fingerprint density at radius 1 is 1.27 bits per heavy atom. The third-order valence-corrected chi connectivity index (χ3v) is 5.25. The third kappa shape index (κ3) is 5.05. The number of carbonyl (C=O) groups is 1. The van der Waals surface area contributed by atoms with Gasteiger partial charge in [0.25, 0.3) is 5.91 Å². The van der Waals surface area contributed by atoms with Crippen molar-refractivity contribution in [1.82, 2.24) is 15.0 Å². The van der Waals surface area contributed by atoms with Gasteiger partial charge in [-0.05, 0) is 30.9 Å². The van der Waals surface area contributed by atoms with Crippen LogP contribution in [0.25, 0.3) is 0 Å². The van der Waals surface area contributed by atoms with Crippen LogP contribution in [0.15, 0.2) is 18.3 Å². The minimum atomic E-state index is -0.575. The molecule has 2 aromatic heterocycles. The topological polar surface area (TPSA) is 123 Å². The van der Waals surface area contributed by atoms with E-state index in [9.17, 15) is 4.79 Å². The molecule has 3 heterocycles. The molecule has 162 valence electrons. The van der Waals surface area contributed by atoms with Crippen molar-refractivity contribution in [2.45, 2.75) is 64.8 Å². The second kappa shape index (κ2) is 8.55. The van der Waals surface area contributed by atoms with Crippen LogP contribution in [0.3, 0.4) is 0 Å². The summed E-state index contributed by atoms with van der Waals surface area (Å²) in [5, 5.41) is 3.30. The van der Waals surface area contributed by atoms with Crippen LogP contribution in [0.4, 0.5) is 17.5 Å². The van der Waals surface area contributed by atoms with Crippen LogP contribution in [-0.2, 0) is 5.41 Å². The molecule has 5 N–H and O–H groups in total. The maximum absolute atomic E-state index is 12.0. The van der Waals surface area contributed by atoms with Crippen molar-refractivity contribution in [3.05, 3.63) is 35.3 Å². The molecule has 30 heavy (non-hydrogen) atoms. The van der Waals surface area contributed by atoms with Crippen molar-refractivity contribution in [3.63, 3.8) is 0 Å². The molecule has 1 saturated heterocycles. The predicted molar refractivity (Wildman–Crippen MR) is 120 cm³/mol. The molecule has 1 amide bonds. The number of amides is 1. The van der Waals surface area contributed by atoms with Gasteiger partial charge in [-0.3, -0.25) is 9.78 Å². The molecule has 0 unspecified atom stereocenters. The van der Waals surface area contributed by atoms with Gasteiger partial charge in [0.1, 0.15) is 11.4 Å². The lowest BCUT2D eigenvalue weighted by molar-refractivity contribution is 0.100. The zero-order chi connectivity index (χ0) is 22.1.